The van der Waals surface area contributed by atoms with Gasteiger partial charge in [0.15, 0.2) is 5.92 Å². The lowest BCUT2D eigenvalue weighted by molar-refractivity contribution is -0.172. The van der Waals surface area contributed by atoms with E-state index < -0.39 is 17.9 Å². The third-order valence-corrected chi connectivity index (χ3v) is 2.23. The molecule has 0 radical (unpaired) electrons. The second kappa shape index (κ2) is 6.39. The third-order valence-electron chi connectivity index (χ3n) is 2.23. The molecular weight excluding hydrogens is 224 g/mol. The maximum Gasteiger partial charge on any atom is 0.324 e. The number of hydrogen-bond donors (Lipinski definition) is 0. The minimum atomic E-state index is -0.983. The van der Waals surface area contributed by atoms with Crippen molar-refractivity contribution in [3.63, 3.8) is 0 Å². The van der Waals surface area contributed by atoms with Crippen LogP contribution in [0.1, 0.15) is 20.8 Å². The van der Waals surface area contributed by atoms with Crippen molar-refractivity contribution in [1.29, 1.82) is 0 Å². The smallest absolute Gasteiger partial charge is 0.324 e. The van der Waals surface area contributed by atoms with Crippen molar-refractivity contribution < 1.29 is 23.8 Å². The average molecular weight is 242 g/mol. The molecule has 0 aromatic carbocycles. The summed E-state index contributed by atoms with van der Waals surface area (Å²) < 4.78 is 15.4. The summed E-state index contributed by atoms with van der Waals surface area (Å²) in [6.45, 7) is 5.78. The third kappa shape index (κ3) is 4.19. The summed E-state index contributed by atoms with van der Waals surface area (Å²) in [5.41, 5.74) is 0. The van der Waals surface area contributed by atoms with Crippen molar-refractivity contribution in [2.24, 2.45) is 5.92 Å². The molecule has 96 valence electrons. The maximum absolute atomic E-state index is 11.7. The van der Waals surface area contributed by atoms with E-state index in [4.69, 9.17) is 14.2 Å². The highest BCUT2D eigenvalue weighted by molar-refractivity contribution is 5.97. The molecule has 17 heavy (non-hydrogen) atoms. The molecular formula is C12H18O5. The molecule has 1 aliphatic heterocycles. The van der Waals surface area contributed by atoms with Crippen LogP contribution < -0.4 is 0 Å². The van der Waals surface area contributed by atoms with E-state index in [1.165, 1.54) is 6.08 Å². The number of esters is 2. The van der Waals surface area contributed by atoms with Gasteiger partial charge in [-0.2, -0.15) is 0 Å². The molecule has 0 aliphatic carbocycles. The molecule has 0 aromatic heterocycles. The van der Waals surface area contributed by atoms with E-state index in [-0.39, 0.29) is 12.2 Å². The highest BCUT2D eigenvalue weighted by Gasteiger charge is 2.30. The van der Waals surface area contributed by atoms with Crippen molar-refractivity contribution >= 4 is 11.9 Å². The van der Waals surface area contributed by atoms with Crippen LogP contribution in [0.5, 0.6) is 0 Å². The van der Waals surface area contributed by atoms with Gasteiger partial charge in [-0.25, -0.2) is 0 Å². The van der Waals surface area contributed by atoms with Gasteiger partial charge >= 0.3 is 11.9 Å². The van der Waals surface area contributed by atoms with Crippen molar-refractivity contribution in [3.05, 3.63) is 12.2 Å². The predicted molar refractivity (Wildman–Crippen MR) is 60.2 cm³/mol. The Kier molecular flexibility index (Phi) is 5.15. The van der Waals surface area contributed by atoms with E-state index in [0.29, 0.717) is 13.2 Å². The standard InChI is InChI=1S/C12H18O5/c1-4-5-10-11(13)16-8(2)6-15-7-9(3)17-12(10)14/h4-5,8-10H,6-7H2,1-3H3. The molecule has 1 fully saturated rings. The van der Waals surface area contributed by atoms with E-state index in [9.17, 15) is 9.59 Å². The Bertz CT molecular complexity index is 286. The van der Waals surface area contributed by atoms with Crippen LogP contribution in [0.4, 0.5) is 0 Å². The highest BCUT2D eigenvalue weighted by Crippen LogP contribution is 2.11. The van der Waals surface area contributed by atoms with E-state index in [2.05, 4.69) is 0 Å². The van der Waals surface area contributed by atoms with Crippen molar-refractivity contribution in [2.75, 3.05) is 13.2 Å². The van der Waals surface area contributed by atoms with Gasteiger partial charge in [0.2, 0.25) is 0 Å². The molecule has 5 heteroatoms. The molecule has 1 saturated heterocycles. The number of allylic oxidation sites excluding steroid dienone is 1. The summed E-state index contributed by atoms with van der Waals surface area (Å²) >= 11 is 0. The largest absolute Gasteiger partial charge is 0.459 e. The quantitative estimate of drug-likeness (QED) is 0.391. The van der Waals surface area contributed by atoms with Crippen molar-refractivity contribution in [1.82, 2.24) is 0 Å². The van der Waals surface area contributed by atoms with Crippen LogP contribution in [0.2, 0.25) is 0 Å². The molecule has 0 bridgehead atoms. The summed E-state index contributed by atoms with van der Waals surface area (Å²) in [6.07, 6.45) is 2.37. The zero-order chi connectivity index (χ0) is 12.8. The number of carbonyl (C=O) groups is 2. The fraction of sp³-hybridized carbons (Fsp3) is 0.667. The molecule has 0 saturated carbocycles. The van der Waals surface area contributed by atoms with Crippen LogP contribution in [0.25, 0.3) is 0 Å². The fourth-order valence-corrected chi connectivity index (χ4v) is 1.46. The monoisotopic (exact) mass is 242 g/mol. The normalized spacial score (nSPS) is 32.1. The Morgan fingerprint density at radius 3 is 1.94 bits per heavy atom. The van der Waals surface area contributed by atoms with Crippen LogP contribution in [-0.4, -0.2) is 37.4 Å². The minimum absolute atomic E-state index is 0.302. The molecule has 0 spiro atoms. The Morgan fingerprint density at radius 2 is 1.53 bits per heavy atom. The summed E-state index contributed by atoms with van der Waals surface area (Å²) in [5.74, 6) is -2.18. The number of carbonyl (C=O) groups excluding carboxylic acids is 2. The first-order valence-electron chi connectivity index (χ1n) is 5.66. The molecule has 1 aliphatic rings. The first-order chi connectivity index (χ1) is 8.04. The van der Waals surface area contributed by atoms with Crippen LogP contribution >= 0.6 is 0 Å². The zero-order valence-electron chi connectivity index (χ0n) is 10.3. The molecule has 5 nitrogen and oxygen atoms in total. The van der Waals surface area contributed by atoms with Crippen molar-refractivity contribution in [2.45, 2.75) is 33.0 Å². The van der Waals surface area contributed by atoms with Crippen LogP contribution in [0, 0.1) is 5.92 Å². The lowest BCUT2D eigenvalue weighted by atomic mass is 10.1. The topological polar surface area (TPSA) is 61.8 Å². The van der Waals surface area contributed by atoms with E-state index in [0.717, 1.165) is 0 Å². The zero-order valence-corrected chi connectivity index (χ0v) is 10.3. The van der Waals surface area contributed by atoms with Gasteiger partial charge in [0, 0.05) is 0 Å². The Labute approximate surface area is 101 Å². The highest BCUT2D eigenvalue weighted by atomic mass is 16.6. The Hall–Kier alpha value is -1.36. The van der Waals surface area contributed by atoms with Gasteiger partial charge in [-0.3, -0.25) is 9.59 Å². The molecule has 1 rings (SSSR count). The molecule has 2 unspecified atom stereocenters. The van der Waals surface area contributed by atoms with Gasteiger partial charge in [0.1, 0.15) is 12.2 Å². The fourth-order valence-electron chi connectivity index (χ4n) is 1.46. The summed E-state index contributed by atoms with van der Waals surface area (Å²) in [5, 5.41) is 0. The SMILES string of the molecule is CC=CC1C(=O)OC(C)COCC(C)OC1=O. The predicted octanol–water partition coefficient (Wildman–Crippen LogP) is 1.07. The number of hydrogen-bond acceptors (Lipinski definition) is 5. The van der Waals surface area contributed by atoms with Gasteiger partial charge < -0.3 is 14.2 Å². The minimum Gasteiger partial charge on any atom is -0.459 e. The molecule has 0 aromatic rings. The van der Waals surface area contributed by atoms with Gasteiger partial charge in [-0.1, -0.05) is 12.2 Å². The second-order valence-corrected chi connectivity index (χ2v) is 4.04. The second-order valence-electron chi connectivity index (χ2n) is 4.04. The van der Waals surface area contributed by atoms with Crippen LogP contribution in [-0.2, 0) is 23.8 Å². The Balaban J connectivity index is 2.82. The van der Waals surface area contributed by atoms with Gasteiger partial charge in [-0.05, 0) is 20.8 Å². The Morgan fingerprint density at radius 1 is 1.06 bits per heavy atom. The first-order valence-corrected chi connectivity index (χ1v) is 5.66. The summed E-state index contributed by atoms with van der Waals surface area (Å²) in [4.78, 5) is 23.4. The van der Waals surface area contributed by atoms with E-state index in [1.807, 2.05) is 0 Å². The van der Waals surface area contributed by atoms with E-state index >= 15 is 0 Å². The average Bonchev–Trinajstić information content (AvgIpc) is 2.24. The van der Waals surface area contributed by atoms with Gasteiger partial charge in [-0.15, -0.1) is 0 Å². The molecule has 0 N–H and O–H groups in total. The van der Waals surface area contributed by atoms with Gasteiger partial charge in [0.05, 0.1) is 13.2 Å². The number of cyclic esters (lactones) is 2. The summed E-state index contributed by atoms with van der Waals surface area (Å²) in [6, 6.07) is 0. The van der Waals surface area contributed by atoms with Crippen molar-refractivity contribution in [3.8, 4) is 0 Å². The lowest BCUT2D eigenvalue weighted by Gasteiger charge is -2.22. The van der Waals surface area contributed by atoms with Crippen LogP contribution in [0.15, 0.2) is 12.2 Å². The van der Waals surface area contributed by atoms with Gasteiger partial charge in [0.25, 0.3) is 0 Å². The molecule has 2 atom stereocenters. The summed E-state index contributed by atoms with van der Waals surface area (Å²) in [7, 11) is 0. The maximum atomic E-state index is 11.7. The molecule has 0 amide bonds. The van der Waals surface area contributed by atoms with E-state index in [1.54, 1.807) is 26.8 Å². The first kappa shape index (κ1) is 13.7. The number of rotatable bonds is 1. The van der Waals surface area contributed by atoms with Crippen LogP contribution in [0.3, 0.4) is 0 Å². The molecule has 1 heterocycles. The lowest BCUT2D eigenvalue weighted by Crippen LogP contribution is -2.35. The number of ether oxygens (including phenoxy) is 3.